The fourth-order valence-corrected chi connectivity index (χ4v) is 4.33. The van der Waals surface area contributed by atoms with E-state index in [1.165, 1.54) is 57.8 Å². The molecule has 0 bridgehead atoms. The fourth-order valence-electron chi connectivity index (χ4n) is 4.33. The van der Waals surface area contributed by atoms with Crippen LogP contribution in [0.2, 0.25) is 0 Å². The molecule has 1 rings (SSSR count). The lowest BCUT2D eigenvalue weighted by atomic mass is 10.0. The molecule has 0 saturated carbocycles. The second kappa shape index (κ2) is 15.3. The third-order valence-electron chi connectivity index (χ3n) is 6.42. The maximum atomic E-state index is 13.1. The van der Waals surface area contributed by atoms with Crippen LogP contribution in [-0.2, 0) is 9.53 Å². The number of rotatable bonds is 18. The van der Waals surface area contributed by atoms with E-state index in [0.29, 0.717) is 4.48 Å². The van der Waals surface area contributed by atoms with Crippen LogP contribution in [0.5, 0.6) is 0 Å². The zero-order valence-electron chi connectivity index (χ0n) is 20.6. The molecule has 4 nitrogen and oxygen atoms in total. The first-order valence-electron chi connectivity index (χ1n) is 12.4. The molecule has 2 unspecified atom stereocenters. The quantitative estimate of drug-likeness (QED) is 0.128. The molecule has 0 radical (unpaired) electrons. The van der Waals surface area contributed by atoms with Gasteiger partial charge in [0.1, 0.15) is 0 Å². The summed E-state index contributed by atoms with van der Waals surface area (Å²) in [6, 6.07) is 9.82. The molecule has 0 spiro atoms. The highest BCUT2D eigenvalue weighted by atomic mass is 16.5. The van der Waals surface area contributed by atoms with Crippen molar-refractivity contribution in [1.29, 1.82) is 0 Å². The van der Waals surface area contributed by atoms with Crippen LogP contribution in [0, 0.1) is 0 Å². The van der Waals surface area contributed by atoms with E-state index >= 15 is 0 Å². The number of likely N-dealkylation sites (N-methyl/N-ethyl adjacent to an activating group) is 1. The molecule has 0 aliphatic carbocycles. The summed E-state index contributed by atoms with van der Waals surface area (Å²) in [5.74, 6) is -1.54. The van der Waals surface area contributed by atoms with Crippen molar-refractivity contribution in [3.8, 4) is 0 Å². The predicted molar refractivity (Wildman–Crippen MR) is 132 cm³/mol. The summed E-state index contributed by atoms with van der Waals surface area (Å²) in [7, 11) is 3.62. The van der Waals surface area contributed by atoms with Crippen LogP contribution in [-0.4, -0.2) is 43.4 Å². The Bertz CT molecular complexity index is 631. The molecule has 31 heavy (non-hydrogen) atoms. The van der Waals surface area contributed by atoms with Gasteiger partial charge in [-0.25, -0.2) is 5.73 Å². The van der Waals surface area contributed by atoms with Crippen LogP contribution in [0.4, 0.5) is 0 Å². The Balaban J connectivity index is 2.59. The van der Waals surface area contributed by atoms with Crippen LogP contribution < -0.4 is 5.73 Å². The largest absolute Gasteiger partial charge is 0.326 e. The van der Waals surface area contributed by atoms with Crippen LogP contribution >= 0.6 is 0 Å². The minimum atomic E-state index is -1.36. The lowest BCUT2D eigenvalue weighted by Crippen LogP contribution is -2.72. The first kappa shape index (κ1) is 27.5. The number of carbonyl (C=O) groups excluding carboxylic acids is 1. The van der Waals surface area contributed by atoms with Crippen molar-refractivity contribution in [3.63, 3.8) is 0 Å². The molecule has 0 heterocycles. The number of nitrogens with two attached hydrogens (primary N) is 1. The van der Waals surface area contributed by atoms with Crippen molar-refractivity contribution in [2.75, 3.05) is 27.2 Å². The molecule has 2 N–H and O–H groups in total. The van der Waals surface area contributed by atoms with E-state index in [-0.39, 0.29) is 5.78 Å². The van der Waals surface area contributed by atoms with Gasteiger partial charge in [-0.3, -0.25) is 9.28 Å². The molecule has 0 saturated heterocycles. The van der Waals surface area contributed by atoms with Gasteiger partial charge in [0.25, 0.3) is 5.78 Å². The number of unbranched alkanes of at least 4 members (excludes halogenated alkanes) is 9. The second-order valence-corrected chi connectivity index (χ2v) is 9.03. The van der Waals surface area contributed by atoms with Gasteiger partial charge in [0, 0.05) is 7.11 Å². The molecular weight excluding hydrogens is 384 g/mol. The SMILES string of the molecule is CCCCCCCCCCCC[N+](C)(CCC)C(N)(OC)C(=O)C=Cc1ccccc1. The number of nitrogens with zero attached hydrogens (tertiary/aromatic N) is 1. The number of ketones is 1. The predicted octanol–water partition coefficient (Wildman–Crippen LogP) is 6.31. The molecular formula is C27H47N2O2+. The molecule has 0 aromatic heterocycles. The number of hydrogen-bond acceptors (Lipinski definition) is 3. The smallest absolute Gasteiger partial charge is 0.311 e. The summed E-state index contributed by atoms with van der Waals surface area (Å²) < 4.78 is 6.11. The van der Waals surface area contributed by atoms with E-state index in [1.807, 2.05) is 36.4 Å². The molecule has 4 heteroatoms. The first-order chi connectivity index (χ1) is 14.9. The maximum absolute atomic E-state index is 13.1. The molecule has 1 aromatic rings. The van der Waals surface area contributed by atoms with Gasteiger partial charge in [0.05, 0.1) is 20.1 Å². The Morgan fingerprint density at radius 2 is 1.45 bits per heavy atom. The number of carbonyl (C=O) groups is 1. The first-order valence-corrected chi connectivity index (χ1v) is 12.4. The van der Waals surface area contributed by atoms with Gasteiger partial charge < -0.3 is 4.74 Å². The topological polar surface area (TPSA) is 52.3 Å². The van der Waals surface area contributed by atoms with Crippen LogP contribution in [0.25, 0.3) is 6.08 Å². The standard InChI is InChI=1S/C27H47N2O2/c1-5-7-8-9-10-11-12-13-14-18-24-29(3,23-6-2)27(28,31-4)26(30)22-21-25-19-16-15-17-20-25/h15-17,19-22H,5-14,18,23-24,28H2,1-4H3/q+1. The number of quaternary nitrogens is 1. The summed E-state index contributed by atoms with van der Waals surface area (Å²) >= 11 is 0. The summed E-state index contributed by atoms with van der Waals surface area (Å²) in [6.07, 6.45) is 17.3. The van der Waals surface area contributed by atoms with E-state index in [9.17, 15) is 4.79 Å². The Morgan fingerprint density at radius 3 is 1.97 bits per heavy atom. The van der Waals surface area contributed by atoms with Gasteiger partial charge in [0.15, 0.2) is 0 Å². The van der Waals surface area contributed by atoms with Gasteiger partial charge in [-0.2, -0.15) is 0 Å². The highest BCUT2D eigenvalue weighted by Gasteiger charge is 2.50. The van der Waals surface area contributed by atoms with Crippen LogP contribution in [0.1, 0.15) is 90.0 Å². The molecule has 0 aliphatic rings. The lowest BCUT2D eigenvalue weighted by Gasteiger charge is -2.45. The van der Waals surface area contributed by atoms with Crippen molar-refractivity contribution < 1.29 is 14.0 Å². The minimum absolute atomic E-state index is 0.179. The van der Waals surface area contributed by atoms with E-state index < -0.39 is 5.85 Å². The van der Waals surface area contributed by atoms with Gasteiger partial charge in [0.2, 0.25) is 0 Å². The second-order valence-electron chi connectivity index (χ2n) is 9.03. The van der Waals surface area contributed by atoms with Crippen molar-refractivity contribution >= 4 is 11.9 Å². The number of benzene rings is 1. The average molecular weight is 432 g/mol. The van der Waals surface area contributed by atoms with E-state index in [4.69, 9.17) is 10.5 Å². The van der Waals surface area contributed by atoms with Gasteiger partial charge in [-0.1, -0.05) is 102 Å². The minimum Gasteiger partial charge on any atom is -0.311 e. The molecule has 176 valence electrons. The summed E-state index contributed by atoms with van der Waals surface area (Å²) in [5.41, 5.74) is 7.62. The molecule has 2 atom stereocenters. The fraction of sp³-hybridized carbons (Fsp3) is 0.667. The molecule has 1 aromatic carbocycles. The van der Waals surface area contributed by atoms with Crippen LogP contribution in [0.3, 0.4) is 0 Å². The third-order valence-corrected chi connectivity index (χ3v) is 6.42. The normalized spacial score (nSPS) is 15.6. The summed E-state index contributed by atoms with van der Waals surface area (Å²) in [5, 5.41) is 0. The van der Waals surface area contributed by atoms with Crippen molar-refractivity contribution in [2.45, 2.75) is 90.3 Å². The monoisotopic (exact) mass is 431 g/mol. The van der Waals surface area contributed by atoms with E-state index in [0.717, 1.165) is 31.5 Å². The van der Waals surface area contributed by atoms with Gasteiger partial charge in [-0.05, 0) is 30.9 Å². The Kier molecular flexibility index (Phi) is 13.6. The van der Waals surface area contributed by atoms with Crippen molar-refractivity contribution in [2.24, 2.45) is 5.73 Å². The van der Waals surface area contributed by atoms with Crippen molar-refractivity contribution in [3.05, 3.63) is 42.0 Å². The highest BCUT2D eigenvalue weighted by Crippen LogP contribution is 2.24. The summed E-state index contributed by atoms with van der Waals surface area (Å²) in [4.78, 5) is 13.1. The van der Waals surface area contributed by atoms with Crippen LogP contribution in [0.15, 0.2) is 36.4 Å². The number of ether oxygens (including phenoxy) is 1. The third kappa shape index (κ3) is 9.26. The van der Waals surface area contributed by atoms with Gasteiger partial charge >= 0.3 is 5.85 Å². The molecule has 0 amide bonds. The van der Waals surface area contributed by atoms with E-state index in [1.54, 1.807) is 13.2 Å². The van der Waals surface area contributed by atoms with Crippen molar-refractivity contribution in [1.82, 2.24) is 0 Å². The zero-order chi connectivity index (χ0) is 23.0. The highest BCUT2D eigenvalue weighted by molar-refractivity contribution is 5.98. The Labute approximate surface area is 191 Å². The van der Waals surface area contributed by atoms with Gasteiger partial charge in [-0.15, -0.1) is 0 Å². The Morgan fingerprint density at radius 1 is 0.903 bits per heavy atom. The summed E-state index contributed by atoms with van der Waals surface area (Å²) in [6.45, 7) is 6.05. The molecule has 0 aliphatic heterocycles. The number of hydrogen-bond donors (Lipinski definition) is 1. The Hall–Kier alpha value is -1.49. The average Bonchev–Trinajstić information content (AvgIpc) is 2.78. The van der Waals surface area contributed by atoms with E-state index in [2.05, 4.69) is 20.9 Å². The number of methoxy groups -OCH3 is 1. The zero-order valence-corrected chi connectivity index (χ0v) is 20.6. The molecule has 0 fully saturated rings. The maximum Gasteiger partial charge on any atom is 0.326 e. The lowest BCUT2D eigenvalue weighted by molar-refractivity contribution is -0.972.